The highest BCUT2D eigenvalue weighted by Gasteiger charge is 2.46. The zero-order valence-corrected chi connectivity index (χ0v) is 15.6. The Morgan fingerprint density at radius 3 is 2.96 bits per heavy atom. The van der Waals surface area contributed by atoms with Crippen molar-refractivity contribution in [1.82, 2.24) is 29.5 Å². The van der Waals surface area contributed by atoms with Gasteiger partial charge in [0.2, 0.25) is 0 Å². The number of aryl methyl sites for hydroxylation is 2. The minimum Gasteiger partial charge on any atom is -0.367 e. The molecule has 0 aliphatic carbocycles. The number of ether oxygens (including phenoxy) is 1. The number of aromatic nitrogens is 4. The monoisotopic (exact) mass is 358 g/mol. The van der Waals surface area contributed by atoms with Crippen LogP contribution in [-0.2, 0) is 18.3 Å². The summed E-state index contributed by atoms with van der Waals surface area (Å²) in [6, 6.07) is 0. The van der Waals surface area contributed by atoms with Gasteiger partial charge in [-0.3, -0.25) is 14.8 Å². The van der Waals surface area contributed by atoms with Gasteiger partial charge in [0.05, 0.1) is 42.0 Å². The molecule has 2 aliphatic rings. The van der Waals surface area contributed by atoms with E-state index in [0.717, 1.165) is 31.7 Å². The Labute approximate surface area is 153 Å². The number of carbonyl (C=O) groups is 1. The Kier molecular flexibility index (Phi) is 4.32. The number of H-pyrrole nitrogens is 1. The molecule has 2 aromatic heterocycles. The summed E-state index contributed by atoms with van der Waals surface area (Å²) < 4.78 is 8.41. The Bertz CT molecular complexity index is 799. The number of carbonyl (C=O) groups excluding carboxylic acids is 1. The first-order valence-electron chi connectivity index (χ1n) is 9.10. The van der Waals surface area contributed by atoms with Crippen LogP contribution in [0.4, 0.5) is 0 Å². The number of amides is 1. The molecule has 0 saturated carbocycles. The Morgan fingerprint density at radius 2 is 2.27 bits per heavy atom. The van der Waals surface area contributed by atoms with E-state index in [0.29, 0.717) is 18.7 Å². The van der Waals surface area contributed by atoms with Gasteiger partial charge in [-0.1, -0.05) is 0 Å². The van der Waals surface area contributed by atoms with Crippen LogP contribution in [0.1, 0.15) is 35.1 Å². The first kappa shape index (κ1) is 17.2. The number of aromatic amines is 1. The van der Waals surface area contributed by atoms with Crippen LogP contribution in [0.2, 0.25) is 0 Å². The smallest absolute Gasteiger partial charge is 0.257 e. The molecular formula is C18H26N6O2. The fourth-order valence-corrected chi connectivity index (χ4v) is 4.17. The first-order chi connectivity index (χ1) is 12.5. The number of imidazole rings is 1. The normalized spacial score (nSPS) is 26.7. The average molecular weight is 358 g/mol. The lowest BCUT2D eigenvalue weighted by molar-refractivity contribution is -0.132. The summed E-state index contributed by atoms with van der Waals surface area (Å²) in [5.74, 6) is 0.0378. The van der Waals surface area contributed by atoms with E-state index in [1.54, 1.807) is 6.20 Å². The van der Waals surface area contributed by atoms with E-state index in [9.17, 15) is 4.79 Å². The second kappa shape index (κ2) is 6.51. The summed E-state index contributed by atoms with van der Waals surface area (Å²) in [4.78, 5) is 21.4. The van der Waals surface area contributed by atoms with Crippen molar-refractivity contribution in [2.45, 2.75) is 38.5 Å². The molecule has 0 radical (unpaired) electrons. The molecular weight excluding hydrogens is 332 g/mol. The molecule has 0 aromatic carbocycles. The third-order valence-electron chi connectivity index (χ3n) is 5.45. The predicted molar refractivity (Wildman–Crippen MR) is 95.6 cm³/mol. The summed E-state index contributed by atoms with van der Waals surface area (Å²) in [6.07, 6.45) is 6.31. The van der Waals surface area contributed by atoms with E-state index in [1.807, 2.05) is 42.9 Å². The highest BCUT2D eigenvalue weighted by Crippen LogP contribution is 2.33. The fraction of sp³-hybridized carbons (Fsp3) is 0.611. The van der Waals surface area contributed by atoms with Crippen molar-refractivity contribution in [3.63, 3.8) is 0 Å². The molecule has 4 heterocycles. The fourth-order valence-electron chi connectivity index (χ4n) is 4.17. The molecule has 2 saturated heterocycles. The lowest BCUT2D eigenvalue weighted by Gasteiger charge is -2.43. The van der Waals surface area contributed by atoms with Crippen molar-refractivity contribution in [2.75, 3.05) is 26.2 Å². The zero-order chi connectivity index (χ0) is 18.3. The molecule has 1 amide bonds. The molecule has 2 aromatic rings. The second-order valence-electron chi connectivity index (χ2n) is 7.66. The summed E-state index contributed by atoms with van der Waals surface area (Å²) in [5, 5.41) is 6.84. The zero-order valence-electron chi connectivity index (χ0n) is 15.6. The first-order valence-corrected chi connectivity index (χ1v) is 9.10. The van der Waals surface area contributed by atoms with Crippen LogP contribution in [0.3, 0.4) is 0 Å². The largest absolute Gasteiger partial charge is 0.367 e. The molecule has 8 heteroatoms. The molecule has 1 spiro atoms. The maximum absolute atomic E-state index is 12.9. The number of morpholine rings is 1. The SMILES string of the molecule is Cc1[nH]ncc1C(=O)N1CC(C)OC2(CCN(Cc3cncn3C)C2)C1. The molecule has 2 fully saturated rings. The van der Waals surface area contributed by atoms with Crippen molar-refractivity contribution in [2.24, 2.45) is 7.05 Å². The van der Waals surface area contributed by atoms with E-state index < -0.39 is 0 Å². The minimum absolute atomic E-state index is 0.0246. The van der Waals surface area contributed by atoms with E-state index >= 15 is 0 Å². The van der Waals surface area contributed by atoms with Gasteiger partial charge in [0, 0.05) is 45.1 Å². The molecule has 2 unspecified atom stereocenters. The molecule has 4 rings (SSSR count). The summed E-state index contributed by atoms with van der Waals surface area (Å²) in [7, 11) is 2.01. The molecule has 8 nitrogen and oxygen atoms in total. The summed E-state index contributed by atoms with van der Waals surface area (Å²) in [5.41, 5.74) is 2.36. The van der Waals surface area contributed by atoms with Crippen molar-refractivity contribution >= 4 is 5.91 Å². The van der Waals surface area contributed by atoms with Gasteiger partial charge >= 0.3 is 0 Å². The third-order valence-corrected chi connectivity index (χ3v) is 5.45. The van der Waals surface area contributed by atoms with Gasteiger partial charge in [-0.25, -0.2) is 4.98 Å². The summed E-state index contributed by atoms with van der Waals surface area (Å²) >= 11 is 0. The second-order valence-corrected chi connectivity index (χ2v) is 7.66. The van der Waals surface area contributed by atoms with Crippen molar-refractivity contribution in [3.05, 3.63) is 35.7 Å². The van der Waals surface area contributed by atoms with Gasteiger partial charge in [0.25, 0.3) is 5.91 Å². The van der Waals surface area contributed by atoms with Crippen LogP contribution >= 0.6 is 0 Å². The number of hydrogen-bond acceptors (Lipinski definition) is 5. The molecule has 26 heavy (non-hydrogen) atoms. The van der Waals surface area contributed by atoms with Gasteiger partial charge in [-0.2, -0.15) is 5.10 Å². The van der Waals surface area contributed by atoms with Crippen LogP contribution in [0.25, 0.3) is 0 Å². The van der Waals surface area contributed by atoms with Crippen molar-refractivity contribution < 1.29 is 9.53 Å². The van der Waals surface area contributed by atoms with Crippen LogP contribution in [0.5, 0.6) is 0 Å². The van der Waals surface area contributed by atoms with Gasteiger partial charge in [-0.15, -0.1) is 0 Å². The lowest BCUT2D eigenvalue weighted by Crippen LogP contribution is -2.57. The minimum atomic E-state index is -0.288. The van der Waals surface area contributed by atoms with Crippen LogP contribution in [-0.4, -0.2) is 73.3 Å². The van der Waals surface area contributed by atoms with Gasteiger partial charge in [-0.05, 0) is 20.3 Å². The molecule has 2 aliphatic heterocycles. The predicted octanol–water partition coefficient (Wildman–Crippen LogP) is 0.957. The maximum Gasteiger partial charge on any atom is 0.257 e. The number of nitrogens with one attached hydrogen (secondary N) is 1. The van der Waals surface area contributed by atoms with E-state index in [-0.39, 0.29) is 17.6 Å². The van der Waals surface area contributed by atoms with Crippen molar-refractivity contribution in [3.8, 4) is 0 Å². The van der Waals surface area contributed by atoms with Crippen LogP contribution in [0, 0.1) is 6.92 Å². The molecule has 1 N–H and O–H groups in total. The highest BCUT2D eigenvalue weighted by molar-refractivity contribution is 5.95. The lowest BCUT2D eigenvalue weighted by atomic mass is 9.98. The molecule has 0 bridgehead atoms. The van der Waals surface area contributed by atoms with Gasteiger partial charge in [0.15, 0.2) is 0 Å². The quantitative estimate of drug-likeness (QED) is 0.884. The Morgan fingerprint density at radius 1 is 1.42 bits per heavy atom. The number of rotatable bonds is 3. The standard InChI is InChI=1S/C18H26N6O2/c1-13-8-24(17(25)16-7-20-21-14(16)2)11-18(26-13)4-5-23(10-18)9-15-6-19-12-22(15)3/h6-7,12-13H,4-5,8-11H2,1-3H3,(H,20,21). The maximum atomic E-state index is 12.9. The van der Waals surface area contributed by atoms with Crippen LogP contribution in [0.15, 0.2) is 18.7 Å². The van der Waals surface area contributed by atoms with E-state index in [4.69, 9.17) is 4.74 Å². The third kappa shape index (κ3) is 3.14. The average Bonchev–Trinajstić information content (AvgIpc) is 3.29. The van der Waals surface area contributed by atoms with Gasteiger partial charge < -0.3 is 14.2 Å². The molecule has 2 atom stereocenters. The number of hydrogen-bond donors (Lipinski definition) is 1. The number of nitrogens with zero attached hydrogens (tertiary/aromatic N) is 5. The van der Waals surface area contributed by atoms with Crippen LogP contribution < -0.4 is 0 Å². The highest BCUT2D eigenvalue weighted by atomic mass is 16.5. The van der Waals surface area contributed by atoms with E-state index in [1.165, 1.54) is 5.69 Å². The summed E-state index contributed by atoms with van der Waals surface area (Å²) in [6.45, 7) is 7.82. The van der Waals surface area contributed by atoms with Gasteiger partial charge in [0.1, 0.15) is 0 Å². The Balaban J connectivity index is 1.47. The number of likely N-dealkylation sites (tertiary alicyclic amines) is 1. The Hall–Kier alpha value is -2.19. The topological polar surface area (TPSA) is 79.3 Å². The molecule has 140 valence electrons. The van der Waals surface area contributed by atoms with E-state index in [2.05, 4.69) is 20.1 Å². The van der Waals surface area contributed by atoms with Crippen molar-refractivity contribution in [1.29, 1.82) is 0 Å².